The maximum atomic E-state index is 13.2. The van der Waals surface area contributed by atoms with Gasteiger partial charge in [-0.25, -0.2) is 13.4 Å². The summed E-state index contributed by atoms with van der Waals surface area (Å²) in [5.41, 5.74) is 2.70. The molecule has 0 spiro atoms. The largest absolute Gasteiger partial charge is 0.354 e. The third-order valence-corrected chi connectivity index (χ3v) is 8.70. The smallest absolute Gasteiger partial charge is 0.269 e. The first-order valence-electron chi connectivity index (χ1n) is 11.4. The van der Waals surface area contributed by atoms with Gasteiger partial charge >= 0.3 is 0 Å². The summed E-state index contributed by atoms with van der Waals surface area (Å²) < 4.78 is 29.6. The number of sulfonamides is 1. The van der Waals surface area contributed by atoms with Crippen LogP contribution in [-0.4, -0.2) is 59.9 Å². The van der Waals surface area contributed by atoms with Gasteiger partial charge in [-0.1, -0.05) is 19.9 Å². The number of carbonyl (C=O) groups is 2. The Morgan fingerprint density at radius 3 is 2.54 bits per heavy atom. The first-order chi connectivity index (χ1) is 16.7. The van der Waals surface area contributed by atoms with Gasteiger partial charge in [0.1, 0.15) is 17.6 Å². The summed E-state index contributed by atoms with van der Waals surface area (Å²) in [5.74, 6) is -0.305. The molecule has 0 atom stereocenters. The second kappa shape index (κ2) is 10.3. The highest BCUT2D eigenvalue weighted by atomic mass is 32.2. The molecule has 0 bridgehead atoms. The maximum Gasteiger partial charge on any atom is 0.269 e. The van der Waals surface area contributed by atoms with Crippen molar-refractivity contribution in [3.8, 4) is 0 Å². The fourth-order valence-corrected chi connectivity index (χ4v) is 6.34. The predicted molar refractivity (Wildman–Crippen MR) is 138 cm³/mol. The fraction of sp³-hybridized carbons (Fsp3) is 0.320. The van der Waals surface area contributed by atoms with E-state index in [2.05, 4.69) is 24.1 Å². The molecule has 0 saturated carbocycles. The molecular formula is C25H28N4O4S2. The third-order valence-electron chi connectivity index (χ3n) is 5.80. The number of hydrogen-bond donors (Lipinski definition) is 1. The first kappa shape index (κ1) is 25.2. The first-order valence-corrected chi connectivity index (χ1v) is 13.7. The molecule has 0 radical (unpaired) electrons. The Morgan fingerprint density at radius 2 is 1.94 bits per heavy atom. The zero-order chi connectivity index (χ0) is 25.2. The van der Waals surface area contributed by atoms with E-state index in [4.69, 9.17) is 0 Å². The zero-order valence-electron chi connectivity index (χ0n) is 19.9. The van der Waals surface area contributed by atoms with Crippen molar-refractivity contribution in [2.45, 2.75) is 41.9 Å². The van der Waals surface area contributed by atoms with E-state index < -0.39 is 10.0 Å². The number of aromatic nitrogens is 2. The highest BCUT2D eigenvalue weighted by molar-refractivity contribution is 7.99. The molecule has 10 heteroatoms. The Balaban J connectivity index is 1.60. The Kier molecular flexibility index (Phi) is 7.44. The van der Waals surface area contributed by atoms with E-state index in [1.165, 1.54) is 11.4 Å². The highest BCUT2D eigenvalue weighted by Crippen LogP contribution is 2.32. The SMILES string of the molecule is CNC(=O)c1ccc2c(C3=CCN(S(=O)(=O)c4ccc(SC(C)C)cc4)CC3)cn(CC=O)c2n1. The quantitative estimate of drug-likeness (QED) is 0.366. The van der Waals surface area contributed by atoms with E-state index >= 15 is 0 Å². The minimum absolute atomic E-state index is 0.111. The van der Waals surface area contributed by atoms with E-state index in [1.807, 2.05) is 30.5 Å². The van der Waals surface area contributed by atoms with Crippen LogP contribution in [0.4, 0.5) is 0 Å². The number of pyridine rings is 1. The Hall–Kier alpha value is -2.95. The molecule has 8 nitrogen and oxygen atoms in total. The van der Waals surface area contributed by atoms with Gasteiger partial charge in [-0.05, 0) is 48.4 Å². The zero-order valence-corrected chi connectivity index (χ0v) is 21.5. The van der Waals surface area contributed by atoms with Gasteiger partial charge in [0.05, 0.1) is 11.4 Å². The molecule has 35 heavy (non-hydrogen) atoms. The molecule has 1 aliphatic rings. The lowest BCUT2D eigenvalue weighted by Crippen LogP contribution is -2.34. The molecule has 0 unspecified atom stereocenters. The second-order valence-electron chi connectivity index (χ2n) is 8.49. The lowest BCUT2D eigenvalue weighted by atomic mass is 10.0. The molecule has 2 aromatic heterocycles. The van der Waals surface area contributed by atoms with Crippen LogP contribution in [0.2, 0.25) is 0 Å². The van der Waals surface area contributed by atoms with Gasteiger partial charge in [0, 0.05) is 47.4 Å². The summed E-state index contributed by atoms with van der Waals surface area (Å²) in [4.78, 5) is 29.0. The van der Waals surface area contributed by atoms with Gasteiger partial charge in [0.25, 0.3) is 5.91 Å². The summed E-state index contributed by atoms with van der Waals surface area (Å²) >= 11 is 1.69. The van der Waals surface area contributed by atoms with Gasteiger partial charge in [-0.15, -0.1) is 11.8 Å². The number of fused-ring (bicyclic) bond motifs is 1. The van der Waals surface area contributed by atoms with Gasteiger partial charge in [-0.2, -0.15) is 4.31 Å². The number of rotatable bonds is 8. The monoisotopic (exact) mass is 512 g/mol. The average Bonchev–Trinajstić information content (AvgIpc) is 3.21. The van der Waals surface area contributed by atoms with Crippen LogP contribution in [0.25, 0.3) is 16.6 Å². The van der Waals surface area contributed by atoms with Crippen LogP contribution in [0.15, 0.2) is 58.5 Å². The molecule has 4 rings (SSSR count). The van der Waals surface area contributed by atoms with E-state index in [0.29, 0.717) is 23.9 Å². The van der Waals surface area contributed by atoms with Crippen molar-refractivity contribution in [1.82, 2.24) is 19.2 Å². The highest BCUT2D eigenvalue weighted by Gasteiger charge is 2.27. The normalized spacial score (nSPS) is 14.8. The Labute approximate surface area is 209 Å². The van der Waals surface area contributed by atoms with Gasteiger partial charge in [-0.3, -0.25) is 4.79 Å². The number of thioether (sulfide) groups is 1. The van der Waals surface area contributed by atoms with E-state index in [-0.39, 0.29) is 29.6 Å². The summed E-state index contributed by atoms with van der Waals surface area (Å²) in [7, 11) is -2.07. The number of carbonyl (C=O) groups excluding carboxylic acids is 2. The van der Waals surface area contributed by atoms with Crippen molar-refractivity contribution in [2.75, 3.05) is 20.1 Å². The van der Waals surface area contributed by atoms with Crippen molar-refractivity contribution in [1.29, 1.82) is 0 Å². The molecular weight excluding hydrogens is 484 g/mol. The number of amides is 1. The molecule has 1 aliphatic heterocycles. The molecule has 0 fully saturated rings. The molecule has 184 valence electrons. The van der Waals surface area contributed by atoms with Crippen molar-refractivity contribution in [2.24, 2.45) is 0 Å². The van der Waals surface area contributed by atoms with Crippen LogP contribution in [0.3, 0.4) is 0 Å². The van der Waals surface area contributed by atoms with E-state index in [0.717, 1.165) is 27.7 Å². The van der Waals surface area contributed by atoms with Crippen molar-refractivity contribution in [3.63, 3.8) is 0 Å². The minimum Gasteiger partial charge on any atom is -0.354 e. The van der Waals surface area contributed by atoms with Crippen molar-refractivity contribution < 1.29 is 18.0 Å². The molecule has 0 saturated heterocycles. The van der Waals surface area contributed by atoms with Crippen LogP contribution >= 0.6 is 11.8 Å². The summed E-state index contributed by atoms with van der Waals surface area (Å²) in [6.45, 7) is 4.91. The number of benzene rings is 1. The maximum absolute atomic E-state index is 13.2. The summed E-state index contributed by atoms with van der Waals surface area (Å²) in [5, 5.41) is 3.80. The molecule has 3 aromatic rings. The fourth-order valence-electron chi connectivity index (χ4n) is 4.12. The molecule has 3 heterocycles. The number of nitrogens with zero attached hydrogens (tertiary/aromatic N) is 3. The molecule has 1 N–H and O–H groups in total. The summed E-state index contributed by atoms with van der Waals surface area (Å²) in [6, 6.07) is 10.5. The van der Waals surface area contributed by atoms with E-state index in [1.54, 1.807) is 34.5 Å². The second-order valence-corrected chi connectivity index (χ2v) is 12.1. The van der Waals surface area contributed by atoms with Gasteiger partial charge < -0.3 is 14.7 Å². The number of nitrogens with one attached hydrogen (secondary N) is 1. The molecule has 1 amide bonds. The average molecular weight is 513 g/mol. The molecule has 1 aromatic carbocycles. The lowest BCUT2D eigenvalue weighted by Gasteiger charge is -2.26. The van der Waals surface area contributed by atoms with Crippen LogP contribution < -0.4 is 5.32 Å². The van der Waals surface area contributed by atoms with Crippen LogP contribution in [0.5, 0.6) is 0 Å². The van der Waals surface area contributed by atoms with E-state index in [9.17, 15) is 18.0 Å². The summed E-state index contributed by atoms with van der Waals surface area (Å²) in [6.07, 6.45) is 5.07. The Bertz CT molecular complexity index is 1390. The third kappa shape index (κ3) is 5.19. The van der Waals surface area contributed by atoms with Gasteiger partial charge in [0.15, 0.2) is 0 Å². The van der Waals surface area contributed by atoms with Crippen molar-refractivity contribution >= 4 is 50.6 Å². The minimum atomic E-state index is -3.61. The molecule has 0 aliphatic carbocycles. The van der Waals surface area contributed by atoms with Crippen molar-refractivity contribution in [3.05, 3.63) is 59.9 Å². The van der Waals surface area contributed by atoms with Crippen LogP contribution in [0, 0.1) is 0 Å². The van der Waals surface area contributed by atoms with Gasteiger partial charge in [0.2, 0.25) is 10.0 Å². The lowest BCUT2D eigenvalue weighted by molar-refractivity contribution is -0.108. The predicted octanol–water partition coefficient (Wildman–Crippen LogP) is 3.57. The Morgan fingerprint density at radius 1 is 1.20 bits per heavy atom. The topological polar surface area (TPSA) is 101 Å². The number of hydrogen-bond acceptors (Lipinski definition) is 6. The number of aldehydes is 1. The van der Waals surface area contributed by atoms with Crippen LogP contribution in [0.1, 0.15) is 36.3 Å². The standard InChI is InChI=1S/C25H28N4O4S2/c1-17(2)34-19-4-6-20(7-5-19)35(32,33)29-12-10-18(11-13-29)22-16-28(14-15-30)24-21(22)8-9-23(27-24)25(31)26-3/h4-10,15-17H,11-14H2,1-3H3,(H,26,31). The van der Waals surface area contributed by atoms with Crippen LogP contribution in [-0.2, 0) is 21.4 Å².